The molecular weight excluding hydrogens is 216 g/mol. The van der Waals surface area contributed by atoms with Crippen molar-refractivity contribution in [1.82, 2.24) is 20.3 Å². The highest BCUT2D eigenvalue weighted by Crippen LogP contribution is 2.14. The summed E-state index contributed by atoms with van der Waals surface area (Å²) in [5, 5.41) is 12.8. The number of pyridine rings is 1. The highest BCUT2D eigenvalue weighted by atomic mass is 16.3. The van der Waals surface area contributed by atoms with E-state index in [1.165, 1.54) is 6.33 Å². The zero-order valence-corrected chi connectivity index (χ0v) is 9.59. The van der Waals surface area contributed by atoms with Crippen molar-refractivity contribution in [3.05, 3.63) is 47.8 Å². The maximum absolute atomic E-state index is 9.60. The smallest absolute Gasteiger partial charge is 0.138 e. The highest BCUT2D eigenvalue weighted by molar-refractivity contribution is 5.27. The zero-order valence-electron chi connectivity index (χ0n) is 9.59. The molecule has 0 aromatic carbocycles. The maximum Gasteiger partial charge on any atom is 0.138 e. The van der Waals surface area contributed by atoms with Crippen LogP contribution in [0.25, 0.3) is 0 Å². The first kappa shape index (κ1) is 11.5. The fraction of sp³-hybridized carbons (Fsp3) is 0.250. The van der Waals surface area contributed by atoms with Crippen LogP contribution >= 0.6 is 0 Å². The minimum atomic E-state index is 0.214. The van der Waals surface area contributed by atoms with Crippen molar-refractivity contribution in [2.45, 2.75) is 20.0 Å². The van der Waals surface area contributed by atoms with Gasteiger partial charge in [-0.1, -0.05) is 0 Å². The Bertz CT molecular complexity index is 487. The van der Waals surface area contributed by atoms with Crippen LogP contribution in [0.4, 0.5) is 0 Å². The van der Waals surface area contributed by atoms with Crippen molar-refractivity contribution in [3.63, 3.8) is 0 Å². The SMILES string of the molecule is Cc1ccc(O)c(CNCc2ccncn2)n1. The summed E-state index contributed by atoms with van der Waals surface area (Å²) in [6, 6.07) is 5.28. The van der Waals surface area contributed by atoms with Crippen molar-refractivity contribution in [2.75, 3.05) is 0 Å². The minimum absolute atomic E-state index is 0.214. The number of aryl methyl sites for hydroxylation is 1. The van der Waals surface area contributed by atoms with Crippen LogP contribution in [0.5, 0.6) is 5.75 Å². The summed E-state index contributed by atoms with van der Waals surface area (Å²) in [7, 11) is 0. The van der Waals surface area contributed by atoms with Crippen molar-refractivity contribution in [2.24, 2.45) is 0 Å². The van der Waals surface area contributed by atoms with Crippen molar-refractivity contribution in [1.29, 1.82) is 0 Å². The molecule has 0 saturated carbocycles. The van der Waals surface area contributed by atoms with E-state index in [1.807, 2.05) is 13.0 Å². The minimum Gasteiger partial charge on any atom is -0.506 e. The van der Waals surface area contributed by atoms with E-state index < -0.39 is 0 Å². The van der Waals surface area contributed by atoms with Gasteiger partial charge < -0.3 is 10.4 Å². The molecule has 0 bridgehead atoms. The number of nitrogens with zero attached hydrogens (tertiary/aromatic N) is 3. The summed E-state index contributed by atoms with van der Waals surface area (Å²) in [6.07, 6.45) is 3.21. The number of hydrogen-bond acceptors (Lipinski definition) is 5. The third-order valence-electron chi connectivity index (χ3n) is 2.33. The molecule has 0 radical (unpaired) electrons. The largest absolute Gasteiger partial charge is 0.506 e. The first-order valence-corrected chi connectivity index (χ1v) is 5.37. The quantitative estimate of drug-likeness (QED) is 0.825. The molecule has 2 aromatic rings. The second-order valence-corrected chi connectivity index (χ2v) is 3.72. The molecule has 0 aliphatic heterocycles. The molecule has 0 spiro atoms. The van der Waals surface area contributed by atoms with Crippen molar-refractivity contribution >= 4 is 0 Å². The molecule has 5 nitrogen and oxygen atoms in total. The predicted molar refractivity (Wildman–Crippen MR) is 63.2 cm³/mol. The molecule has 17 heavy (non-hydrogen) atoms. The Morgan fingerprint density at radius 2 is 2.12 bits per heavy atom. The summed E-state index contributed by atoms with van der Waals surface area (Å²) in [4.78, 5) is 12.2. The molecular formula is C12H14N4O. The van der Waals surface area contributed by atoms with E-state index in [2.05, 4.69) is 20.3 Å². The zero-order chi connectivity index (χ0) is 12.1. The fourth-order valence-electron chi connectivity index (χ4n) is 1.46. The Labute approximate surface area is 99.6 Å². The normalized spacial score (nSPS) is 10.4. The number of aromatic nitrogens is 3. The lowest BCUT2D eigenvalue weighted by molar-refractivity contribution is 0.458. The topological polar surface area (TPSA) is 70.9 Å². The Kier molecular flexibility index (Phi) is 3.62. The molecule has 0 aliphatic rings. The molecule has 2 heterocycles. The van der Waals surface area contributed by atoms with E-state index in [0.29, 0.717) is 18.8 Å². The van der Waals surface area contributed by atoms with E-state index >= 15 is 0 Å². The molecule has 0 unspecified atom stereocenters. The molecule has 88 valence electrons. The van der Waals surface area contributed by atoms with Gasteiger partial charge in [0, 0.05) is 25.0 Å². The Balaban J connectivity index is 1.92. The first-order valence-electron chi connectivity index (χ1n) is 5.37. The molecule has 2 aromatic heterocycles. The number of aromatic hydroxyl groups is 1. The monoisotopic (exact) mass is 230 g/mol. The second-order valence-electron chi connectivity index (χ2n) is 3.72. The highest BCUT2D eigenvalue weighted by Gasteiger charge is 2.02. The summed E-state index contributed by atoms with van der Waals surface area (Å²) in [5.41, 5.74) is 2.45. The van der Waals surface area contributed by atoms with Crippen molar-refractivity contribution < 1.29 is 5.11 Å². The van der Waals surface area contributed by atoms with Crippen LogP contribution in [0.2, 0.25) is 0 Å². The van der Waals surface area contributed by atoms with Gasteiger partial charge in [-0.2, -0.15) is 0 Å². The average Bonchev–Trinajstić information content (AvgIpc) is 2.35. The van der Waals surface area contributed by atoms with Crippen LogP contribution in [0.1, 0.15) is 17.1 Å². The van der Waals surface area contributed by atoms with Gasteiger partial charge in [0.25, 0.3) is 0 Å². The summed E-state index contributed by atoms with van der Waals surface area (Å²) in [5.74, 6) is 0.214. The average molecular weight is 230 g/mol. The van der Waals surface area contributed by atoms with E-state index in [1.54, 1.807) is 18.3 Å². The summed E-state index contributed by atoms with van der Waals surface area (Å²) in [6.45, 7) is 3.03. The van der Waals surface area contributed by atoms with Gasteiger partial charge in [-0.25, -0.2) is 9.97 Å². The molecule has 0 fully saturated rings. The van der Waals surface area contributed by atoms with Crippen molar-refractivity contribution in [3.8, 4) is 5.75 Å². The molecule has 2 rings (SSSR count). The van der Waals surface area contributed by atoms with Gasteiger partial charge in [-0.15, -0.1) is 0 Å². The van der Waals surface area contributed by atoms with Gasteiger partial charge in [0.1, 0.15) is 12.1 Å². The molecule has 0 aliphatic carbocycles. The van der Waals surface area contributed by atoms with Crippen LogP contribution in [0.15, 0.2) is 30.7 Å². The summed E-state index contributed by atoms with van der Waals surface area (Å²) < 4.78 is 0. The molecule has 0 saturated heterocycles. The van der Waals surface area contributed by atoms with Gasteiger partial charge in [-0.05, 0) is 25.1 Å². The van der Waals surface area contributed by atoms with Crippen LogP contribution in [0, 0.1) is 6.92 Å². The Morgan fingerprint density at radius 1 is 1.24 bits per heavy atom. The molecule has 0 amide bonds. The first-order chi connectivity index (χ1) is 8.25. The van der Waals surface area contributed by atoms with Crippen LogP contribution in [-0.4, -0.2) is 20.1 Å². The van der Waals surface area contributed by atoms with Crippen LogP contribution in [0.3, 0.4) is 0 Å². The number of nitrogens with one attached hydrogen (secondary N) is 1. The third-order valence-corrected chi connectivity index (χ3v) is 2.33. The van der Waals surface area contributed by atoms with Gasteiger partial charge >= 0.3 is 0 Å². The maximum atomic E-state index is 9.60. The lowest BCUT2D eigenvalue weighted by Crippen LogP contribution is -2.15. The lowest BCUT2D eigenvalue weighted by Gasteiger charge is -2.06. The lowest BCUT2D eigenvalue weighted by atomic mass is 10.3. The standard InChI is InChI=1S/C12H14N4O/c1-9-2-3-12(17)11(16-9)7-14-6-10-4-5-13-8-15-10/h2-5,8,14,17H,6-7H2,1H3. The molecule has 0 atom stereocenters. The van der Waals surface area contributed by atoms with E-state index in [4.69, 9.17) is 0 Å². The van der Waals surface area contributed by atoms with E-state index in [-0.39, 0.29) is 5.75 Å². The third kappa shape index (κ3) is 3.22. The predicted octanol–water partition coefficient (Wildman–Crippen LogP) is 1.18. The fourth-order valence-corrected chi connectivity index (χ4v) is 1.46. The Morgan fingerprint density at radius 3 is 2.88 bits per heavy atom. The summed E-state index contributed by atoms with van der Waals surface area (Å²) >= 11 is 0. The van der Waals surface area contributed by atoms with Gasteiger partial charge in [0.05, 0.1) is 11.4 Å². The van der Waals surface area contributed by atoms with Gasteiger partial charge in [0.2, 0.25) is 0 Å². The van der Waals surface area contributed by atoms with E-state index in [9.17, 15) is 5.11 Å². The van der Waals surface area contributed by atoms with E-state index in [0.717, 1.165) is 11.4 Å². The number of hydrogen-bond donors (Lipinski definition) is 2. The van der Waals surface area contributed by atoms with Gasteiger partial charge in [0.15, 0.2) is 0 Å². The second kappa shape index (κ2) is 5.36. The molecule has 5 heteroatoms. The van der Waals surface area contributed by atoms with Crippen LogP contribution < -0.4 is 5.32 Å². The van der Waals surface area contributed by atoms with Crippen LogP contribution in [-0.2, 0) is 13.1 Å². The van der Waals surface area contributed by atoms with Gasteiger partial charge in [-0.3, -0.25) is 4.98 Å². The molecule has 2 N–H and O–H groups in total. The number of rotatable bonds is 4. The Hall–Kier alpha value is -2.01.